The maximum Gasteiger partial charge on any atom is 0.0399 e. The van der Waals surface area contributed by atoms with Crippen molar-refractivity contribution in [2.24, 2.45) is 10.9 Å². The number of halogens is 1. The average molecular weight is 186 g/mol. The molecular weight excluding hydrogens is 170 g/mol. The maximum atomic E-state index is 5.91. The van der Waals surface area contributed by atoms with Crippen molar-refractivity contribution in [1.82, 2.24) is 0 Å². The fourth-order valence-corrected chi connectivity index (χ4v) is 0.903. The minimum absolute atomic E-state index is 0.167. The monoisotopic (exact) mass is 185 g/mol. The van der Waals surface area contributed by atoms with Crippen LogP contribution in [-0.2, 0) is 0 Å². The number of rotatable bonds is 5. The van der Waals surface area contributed by atoms with Crippen LogP contribution >= 0.6 is 11.6 Å². The van der Waals surface area contributed by atoms with Crippen LogP contribution in [0.1, 0.15) is 20.3 Å². The second-order valence-electron chi connectivity index (χ2n) is 2.91. The third kappa shape index (κ3) is 4.35. The van der Waals surface area contributed by atoms with Gasteiger partial charge in [-0.1, -0.05) is 19.6 Å². The maximum absolute atomic E-state index is 5.91. The van der Waals surface area contributed by atoms with Crippen molar-refractivity contribution in [3.05, 3.63) is 24.4 Å². The van der Waals surface area contributed by atoms with Crippen molar-refractivity contribution >= 4 is 18.3 Å². The smallest absolute Gasteiger partial charge is 0.0399 e. The summed E-state index contributed by atoms with van der Waals surface area (Å²) < 4.78 is 0. The quantitative estimate of drug-likeness (QED) is 0.354. The van der Waals surface area contributed by atoms with E-state index in [4.69, 9.17) is 11.6 Å². The summed E-state index contributed by atoms with van der Waals surface area (Å²) in [5, 5.41) is 0.167. The predicted octanol–water partition coefficient (Wildman–Crippen LogP) is 3.41. The second kappa shape index (κ2) is 6.01. The summed E-state index contributed by atoms with van der Waals surface area (Å²) in [6, 6.07) is 0. The lowest BCUT2D eigenvalue weighted by Gasteiger charge is -2.12. The number of allylic oxidation sites excluding steroid dienone is 3. The molecule has 0 aromatic carbocycles. The fourth-order valence-electron chi connectivity index (χ4n) is 0.814. The molecule has 0 aliphatic carbocycles. The zero-order valence-corrected chi connectivity index (χ0v) is 8.51. The molecule has 2 atom stereocenters. The molecule has 0 spiro atoms. The Morgan fingerprint density at radius 1 is 1.58 bits per heavy atom. The van der Waals surface area contributed by atoms with Crippen molar-refractivity contribution in [3.63, 3.8) is 0 Å². The van der Waals surface area contributed by atoms with Crippen LogP contribution in [0, 0.1) is 5.92 Å². The molecule has 0 amide bonds. The Morgan fingerprint density at radius 2 is 2.17 bits per heavy atom. The molecule has 0 bridgehead atoms. The third-order valence-electron chi connectivity index (χ3n) is 1.83. The van der Waals surface area contributed by atoms with Gasteiger partial charge in [-0.2, -0.15) is 0 Å². The van der Waals surface area contributed by atoms with Crippen LogP contribution in [0.5, 0.6) is 0 Å². The number of nitrogens with zero attached hydrogens (tertiary/aromatic N) is 1. The summed E-state index contributed by atoms with van der Waals surface area (Å²) in [4.78, 5) is 3.88. The van der Waals surface area contributed by atoms with Gasteiger partial charge in [0, 0.05) is 11.1 Å². The highest BCUT2D eigenvalue weighted by atomic mass is 35.5. The van der Waals surface area contributed by atoms with Crippen LogP contribution in [-0.4, -0.2) is 12.1 Å². The van der Waals surface area contributed by atoms with Gasteiger partial charge in [-0.05, 0) is 32.1 Å². The first kappa shape index (κ1) is 11.4. The molecule has 0 fully saturated rings. The molecule has 1 nitrogen and oxygen atoms in total. The van der Waals surface area contributed by atoms with Gasteiger partial charge in [0.1, 0.15) is 0 Å². The SMILES string of the molecule is C=C/C=C(\C[C@@H](C)C(C)Cl)N=C. The molecule has 2 heteroatoms. The Balaban J connectivity index is 4.11. The molecule has 0 rings (SSSR count). The standard InChI is InChI=1S/C10H16ClN/c1-5-6-10(12-4)7-8(2)9(3)11/h5-6,8-9H,1,4,7H2,2-3H3/b10-6+/t8-,9?/m1/s1. The minimum atomic E-state index is 0.167. The number of hydrogen-bond donors (Lipinski definition) is 0. The van der Waals surface area contributed by atoms with E-state index < -0.39 is 0 Å². The van der Waals surface area contributed by atoms with Gasteiger partial charge in [0.15, 0.2) is 0 Å². The molecule has 0 aromatic rings. The largest absolute Gasteiger partial charge is 0.269 e. The van der Waals surface area contributed by atoms with E-state index in [9.17, 15) is 0 Å². The Kier molecular flexibility index (Phi) is 5.73. The van der Waals surface area contributed by atoms with Gasteiger partial charge >= 0.3 is 0 Å². The van der Waals surface area contributed by atoms with Crippen molar-refractivity contribution in [3.8, 4) is 0 Å². The van der Waals surface area contributed by atoms with Crippen molar-refractivity contribution in [2.75, 3.05) is 0 Å². The highest BCUT2D eigenvalue weighted by Crippen LogP contribution is 2.19. The molecule has 0 heterocycles. The molecule has 0 radical (unpaired) electrons. The van der Waals surface area contributed by atoms with Crippen molar-refractivity contribution in [1.29, 1.82) is 0 Å². The molecule has 0 N–H and O–H groups in total. The summed E-state index contributed by atoms with van der Waals surface area (Å²) >= 11 is 5.91. The molecule has 0 aliphatic heterocycles. The average Bonchev–Trinajstić information content (AvgIpc) is 2.03. The summed E-state index contributed by atoms with van der Waals surface area (Å²) in [6.07, 6.45) is 4.44. The zero-order valence-electron chi connectivity index (χ0n) is 7.76. The molecular formula is C10H16ClN. The van der Waals surface area contributed by atoms with E-state index in [0.29, 0.717) is 5.92 Å². The lowest BCUT2D eigenvalue weighted by atomic mass is 10.0. The van der Waals surface area contributed by atoms with E-state index in [1.807, 2.05) is 13.0 Å². The Labute approximate surface area is 79.8 Å². The number of hydrogen-bond acceptors (Lipinski definition) is 1. The van der Waals surface area contributed by atoms with Crippen LogP contribution in [0.4, 0.5) is 0 Å². The number of aliphatic imine (C=N–C) groups is 1. The van der Waals surface area contributed by atoms with Crippen LogP contribution in [0.25, 0.3) is 0 Å². The molecule has 1 unspecified atom stereocenters. The fraction of sp³-hybridized carbons (Fsp3) is 0.500. The van der Waals surface area contributed by atoms with Crippen LogP contribution < -0.4 is 0 Å². The summed E-state index contributed by atoms with van der Waals surface area (Å²) in [7, 11) is 0. The summed E-state index contributed by atoms with van der Waals surface area (Å²) in [5.74, 6) is 0.420. The van der Waals surface area contributed by atoms with E-state index in [2.05, 4.69) is 25.2 Å². The van der Waals surface area contributed by atoms with Gasteiger partial charge in [0.2, 0.25) is 0 Å². The number of alkyl halides is 1. The molecule has 68 valence electrons. The van der Waals surface area contributed by atoms with Gasteiger partial charge in [-0.15, -0.1) is 11.6 Å². The van der Waals surface area contributed by atoms with Gasteiger partial charge in [0.25, 0.3) is 0 Å². The van der Waals surface area contributed by atoms with Gasteiger partial charge < -0.3 is 0 Å². The Morgan fingerprint density at radius 3 is 2.50 bits per heavy atom. The van der Waals surface area contributed by atoms with Gasteiger partial charge in [0.05, 0.1) is 0 Å². The van der Waals surface area contributed by atoms with E-state index >= 15 is 0 Å². The van der Waals surface area contributed by atoms with Crippen LogP contribution in [0.15, 0.2) is 29.4 Å². The Hall–Kier alpha value is -0.560. The van der Waals surface area contributed by atoms with Gasteiger partial charge in [-0.25, -0.2) is 0 Å². The first-order valence-electron chi connectivity index (χ1n) is 4.04. The molecule has 0 aliphatic rings. The van der Waals surface area contributed by atoms with E-state index in [0.717, 1.165) is 12.1 Å². The topological polar surface area (TPSA) is 12.4 Å². The van der Waals surface area contributed by atoms with Crippen LogP contribution in [0.2, 0.25) is 0 Å². The van der Waals surface area contributed by atoms with Crippen molar-refractivity contribution in [2.45, 2.75) is 25.6 Å². The molecule has 0 saturated heterocycles. The summed E-state index contributed by atoms with van der Waals surface area (Å²) in [6.45, 7) is 11.2. The first-order chi connectivity index (χ1) is 5.61. The van der Waals surface area contributed by atoms with E-state index in [-0.39, 0.29) is 5.38 Å². The predicted molar refractivity (Wildman–Crippen MR) is 56.9 cm³/mol. The van der Waals surface area contributed by atoms with Gasteiger partial charge in [-0.3, -0.25) is 4.99 Å². The van der Waals surface area contributed by atoms with E-state index in [1.165, 1.54) is 0 Å². The highest BCUT2D eigenvalue weighted by Gasteiger charge is 2.09. The Bertz CT molecular complexity index is 182. The minimum Gasteiger partial charge on any atom is -0.269 e. The summed E-state index contributed by atoms with van der Waals surface area (Å²) in [5.41, 5.74) is 0.949. The normalized spacial score (nSPS) is 16.8. The second-order valence-corrected chi connectivity index (χ2v) is 3.60. The third-order valence-corrected chi connectivity index (χ3v) is 2.26. The lowest BCUT2D eigenvalue weighted by molar-refractivity contribution is 0.563. The molecule has 12 heavy (non-hydrogen) atoms. The zero-order chi connectivity index (χ0) is 9.56. The van der Waals surface area contributed by atoms with Crippen LogP contribution in [0.3, 0.4) is 0 Å². The molecule has 0 saturated carbocycles. The lowest BCUT2D eigenvalue weighted by Crippen LogP contribution is -2.07. The van der Waals surface area contributed by atoms with Crippen molar-refractivity contribution < 1.29 is 0 Å². The first-order valence-corrected chi connectivity index (χ1v) is 4.47. The van der Waals surface area contributed by atoms with E-state index in [1.54, 1.807) is 6.08 Å². The molecule has 0 aromatic heterocycles. The highest BCUT2D eigenvalue weighted by molar-refractivity contribution is 6.20.